The van der Waals surface area contributed by atoms with Gasteiger partial charge in [-0.1, -0.05) is 17.7 Å². The lowest BCUT2D eigenvalue weighted by Crippen LogP contribution is -2.44. The molecule has 0 bridgehead atoms. The summed E-state index contributed by atoms with van der Waals surface area (Å²) in [4.78, 5) is 17.0. The molecular formula is C19H23N3O. The van der Waals surface area contributed by atoms with Crippen LogP contribution in [0, 0.1) is 6.92 Å². The summed E-state index contributed by atoms with van der Waals surface area (Å²) >= 11 is 0. The number of piperazine rings is 1. The first kappa shape index (κ1) is 15.6. The van der Waals surface area contributed by atoms with E-state index in [1.807, 2.05) is 43.3 Å². The zero-order valence-electron chi connectivity index (χ0n) is 13.7. The molecule has 1 saturated heterocycles. The van der Waals surface area contributed by atoms with Crippen LogP contribution in [0.1, 0.15) is 15.9 Å². The minimum absolute atomic E-state index is 0.0685. The van der Waals surface area contributed by atoms with Crippen LogP contribution in [-0.4, -0.2) is 44.0 Å². The van der Waals surface area contributed by atoms with Gasteiger partial charge < -0.3 is 15.1 Å². The Hall–Kier alpha value is -2.33. The monoisotopic (exact) mass is 309 g/mol. The second-order valence-electron chi connectivity index (χ2n) is 6.16. The molecule has 23 heavy (non-hydrogen) atoms. The maximum atomic E-state index is 12.3. The molecular weight excluding hydrogens is 286 g/mol. The highest BCUT2D eigenvalue weighted by Crippen LogP contribution is 2.20. The van der Waals surface area contributed by atoms with Crippen molar-refractivity contribution in [2.75, 3.05) is 43.4 Å². The molecule has 120 valence electrons. The van der Waals surface area contributed by atoms with E-state index >= 15 is 0 Å². The van der Waals surface area contributed by atoms with Crippen molar-refractivity contribution in [3.05, 3.63) is 59.7 Å². The van der Waals surface area contributed by atoms with E-state index in [0.29, 0.717) is 5.56 Å². The lowest BCUT2D eigenvalue weighted by atomic mass is 10.1. The molecule has 1 heterocycles. The van der Waals surface area contributed by atoms with Gasteiger partial charge in [0.25, 0.3) is 5.91 Å². The molecule has 0 atom stereocenters. The summed E-state index contributed by atoms with van der Waals surface area (Å²) in [5.74, 6) is -0.0685. The van der Waals surface area contributed by atoms with Crippen LogP contribution in [0.4, 0.5) is 11.4 Å². The molecule has 3 rings (SSSR count). The van der Waals surface area contributed by atoms with Crippen LogP contribution in [0.15, 0.2) is 48.5 Å². The maximum Gasteiger partial charge on any atom is 0.255 e. The van der Waals surface area contributed by atoms with Gasteiger partial charge in [0.05, 0.1) is 0 Å². The van der Waals surface area contributed by atoms with Crippen LogP contribution >= 0.6 is 0 Å². The Labute approximate surface area is 137 Å². The summed E-state index contributed by atoms with van der Waals surface area (Å²) in [6.45, 7) is 6.26. The summed E-state index contributed by atoms with van der Waals surface area (Å²) in [6.07, 6.45) is 0. The van der Waals surface area contributed by atoms with E-state index < -0.39 is 0 Å². The highest BCUT2D eigenvalue weighted by Gasteiger charge is 2.14. The summed E-state index contributed by atoms with van der Waals surface area (Å²) in [5, 5.41) is 2.96. The fourth-order valence-corrected chi connectivity index (χ4v) is 2.81. The van der Waals surface area contributed by atoms with Crippen molar-refractivity contribution in [3.63, 3.8) is 0 Å². The molecule has 0 unspecified atom stereocenters. The van der Waals surface area contributed by atoms with Gasteiger partial charge in [-0.15, -0.1) is 0 Å². The molecule has 1 fully saturated rings. The van der Waals surface area contributed by atoms with Gasteiger partial charge in [-0.25, -0.2) is 0 Å². The molecule has 1 aliphatic heterocycles. The summed E-state index contributed by atoms with van der Waals surface area (Å²) in [5.41, 5.74) is 3.82. The summed E-state index contributed by atoms with van der Waals surface area (Å²) in [6, 6.07) is 15.7. The Morgan fingerprint density at radius 1 is 1.00 bits per heavy atom. The van der Waals surface area contributed by atoms with Crippen LogP contribution in [0.5, 0.6) is 0 Å². The number of hydrogen-bond donors (Lipinski definition) is 1. The van der Waals surface area contributed by atoms with Crippen LogP contribution in [-0.2, 0) is 0 Å². The number of amides is 1. The van der Waals surface area contributed by atoms with Gasteiger partial charge in [0, 0.05) is 43.1 Å². The van der Waals surface area contributed by atoms with Crippen molar-refractivity contribution in [2.24, 2.45) is 0 Å². The Morgan fingerprint density at radius 3 is 2.35 bits per heavy atom. The van der Waals surface area contributed by atoms with E-state index in [4.69, 9.17) is 0 Å². The molecule has 2 aromatic rings. The molecule has 0 spiro atoms. The topological polar surface area (TPSA) is 35.6 Å². The van der Waals surface area contributed by atoms with Crippen molar-refractivity contribution in [1.82, 2.24) is 4.90 Å². The molecule has 4 heteroatoms. The van der Waals surface area contributed by atoms with E-state index in [1.54, 1.807) is 0 Å². The fourth-order valence-electron chi connectivity index (χ4n) is 2.81. The molecule has 1 amide bonds. The molecule has 0 radical (unpaired) electrons. The molecule has 2 aromatic carbocycles. The first-order valence-electron chi connectivity index (χ1n) is 8.03. The number of carbonyl (C=O) groups excluding carboxylic acids is 1. The van der Waals surface area contributed by atoms with E-state index in [-0.39, 0.29) is 5.91 Å². The van der Waals surface area contributed by atoms with E-state index in [2.05, 4.69) is 34.3 Å². The number of nitrogens with one attached hydrogen (secondary N) is 1. The first-order valence-corrected chi connectivity index (χ1v) is 8.03. The molecule has 0 saturated carbocycles. The van der Waals surface area contributed by atoms with Gasteiger partial charge in [-0.3, -0.25) is 4.79 Å². The van der Waals surface area contributed by atoms with Gasteiger partial charge in [-0.2, -0.15) is 0 Å². The highest BCUT2D eigenvalue weighted by molar-refractivity contribution is 6.04. The van der Waals surface area contributed by atoms with Crippen molar-refractivity contribution >= 4 is 17.3 Å². The van der Waals surface area contributed by atoms with Gasteiger partial charge in [-0.05, 0) is 50.4 Å². The van der Waals surface area contributed by atoms with Crippen molar-refractivity contribution < 1.29 is 4.79 Å². The van der Waals surface area contributed by atoms with Crippen molar-refractivity contribution in [2.45, 2.75) is 6.92 Å². The quantitative estimate of drug-likeness (QED) is 0.947. The van der Waals surface area contributed by atoms with Gasteiger partial charge in [0.15, 0.2) is 0 Å². The number of nitrogens with zero attached hydrogens (tertiary/aromatic N) is 2. The third-order valence-corrected chi connectivity index (χ3v) is 4.27. The largest absolute Gasteiger partial charge is 0.369 e. The third-order valence-electron chi connectivity index (χ3n) is 4.27. The molecule has 0 aliphatic carbocycles. The molecule has 0 aromatic heterocycles. The smallest absolute Gasteiger partial charge is 0.255 e. The number of rotatable bonds is 3. The third kappa shape index (κ3) is 3.90. The number of hydrogen-bond acceptors (Lipinski definition) is 3. The van der Waals surface area contributed by atoms with Crippen LogP contribution in [0.2, 0.25) is 0 Å². The van der Waals surface area contributed by atoms with Crippen molar-refractivity contribution in [1.29, 1.82) is 0 Å². The lowest BCUT2D eigenvalue weighted by Gasteiger charge is -2.34. The second-order valence-corrected chi connectivity index (χ2v) is 6.16. The zero-order chi connectivity index (χ0) is 16.2. The molecule has 1 aliphatic rings. The highest BCUT2D eigenvalue weighted by atomic mass is 16.1. The summed E-state index contributed by atoms with van der Waals surface area (Å²) in [7, 11) is 2.15. The fraction of sp³-hybridized carbons (Fsp3) is 0.316. The minimum atomic E-state index is -0.0685. The normalized spacial score (nSPS) is 15.5. The zero-order valence-corrected chi connectivity index (χ0v) is 13.7. The van der Waals surface area contributed by atoms with Crippen molar-refractivity contribution in [3.8, 4) is 0 Å². The van der Waals surface area contributed by atoms with Gasteiger partial charge in [0.2, 0.25) is 0 Å². The van der Waals surface area contributed by atoms with Gasteiger partial charge in [0.1, 0.15) is 0 Å². The van der Waals surface area contributed by atoms with E-state index in [9.17, 15) is 4.79 Å². The first-order chi connectivity index (χ1) is 11.1. The lowest BCUT2D eigenvalue weighted by molar-refractivity contribution is 0.102. The average Bonchev–Trinajstić information content (AvgIpc) is 2.56. The Bertz CT molecular complexity index is 673. The predicted octanol–water partition coefficient (Wildman–Crippen LogP) is 3.00. The minimum Gasteiger partial charge on any atom is -0.369 e. The second kappa shape index (κ2) is 6.84. The van der Waals surface area contributed by atoms with E-state index in [1.165, 1.54) is 5.69 Å². The standard InChI is InChI=1S/C19H23N3O/c1-15-4-3-5-16(14-15)19(23)20-17-6-8-18(9-7-17)22-12-10-21(2)11-13-22/h3-9,14H,10-13H2,1-2H3,(H,20,23). The molecule has 1 N–H and O–H groups in total. The summed E-state index contributed by atoms with van der Waals surface area (Å²) < 4.78 is 0. The SMILES string of the molecule is Cc1cccc(C(=O)Nc2ccc(N3CCN(C)CC3)cc2)c1. The van der Waals surface area contributed by atoms with Crippen LogP contribution in [0.25, 0.3) is 0 Å². The number of anilines is 2. The number of benzene rings is 2. The number of likely N-dealkylation sites (N-methyl/N-ethyl adjacent to an activating group) is 1. The number of aryl methyl sites for hydroxylation is 1. The number of carbonyl (C=O) groups is 1. The van der Waals surface area contributed by atoms with Gasteiger partial charge >= 0.3 is 0 Å². The Kier molecular flexibility index (Phi) is 4.63. The Balaban J connectivity index is 1.64. The van der Waals surface area contributed by atoms with Crippen LogP contribution < -0.4 is 10.2 Å². The van der Waals surface area contributed by atoms with Crippen LogP contribution in [0.3, 0.4) is 0 Å². The maximum absolute atomic E-state index is 12.3. The molecule has 4 nitrogen and oxygen atoms in total. The average molecular weight is 309 g/mol. The predicted molar refractivity (Wildman–Crippen MR) is 95.3 cm³/mol. The van der Waals surface area contributed by atoms with E-state index in [0.717, 1.165) is 37.4 Å². The Morgan fingerprint density at radius 2 is 1.70 bits per heavy atom.